The van der Waals surface area contributed by atoms with Gasteiger partial charge in [0.05, 0.1) is 12.2 Å². The molecule has 0 aromatic heterocycles. The maximum Gasteiger partial charge on any atom is 0.242 e. The van der Waals surface area contributed by atoms with Gasteiger partial charge in [-0.25, -0.2) is 0 Å². The number of methoxy groups -OCH3 is 1. The molecule has 1 heterocycles. The lowest BCUT2D eigenvalue weighted by atomic mass is 9.80. The number of amides is 1. The van der Waals surface area contributed by atoms with Crippen LogP contribution in [0.1, 0.15) is 25.7 Å². The highest BCUT2D eigenvalue weighted by Crippen LogP contribution is 2.34. The summed E-state index contributed by atoms with van der Waals surface area (Å²) in [6.45, 7) is 1.44. The van der Waals surface area contributed by atoms with Gasteiger partial charge >= 0.3 is 0 Å². The Balaban J connectivity index is 1.83. The molecule has 2 rings (SSSR count). The van der Waals surface area contributed by atoms with Gasteiger partial charge in [-0.05, 0) is 25.7 Å². The van der Waals surface area contributed by atoms with Crippen molar-refractivity contribution in [1.82, 2.24) is 5.32 Å². The molecule has 0 aromatic rings. The van der Waals surface area contributed by atoms with Crippen LogP contribution in [0.15, 0.2) is 0 Å². The first-order valence-electron chi connectivity index (χ1n) is 5.80. The van der Waals surface area contributed by atoms with Crippen LogP contribution in [0.4, 0.5) is 0 Å². The van der Waals surface area contributed by atoms with Crippen molar-refractivity contribution in [2.45, 2.75) is 36.8 Å². The second-order valence-corrected chi connectivity index (χ2v) is 4.88. The van der Waals surface area contributed by atoms with Crippen molar-refractivity contribution in [2.24, 2.45) is 5.73 Å². The first-order valence-corrected chi connectivity index (χ1v) is 5.80. The summed E-state index contributed by atoms with van der Waals surface area (Å²) < 4.78 is 10.6. The van der Waals surface area contributed by atoms with Gasteiger partial charge in [-0.3, -0.25) is 4.79 Å². The second kappa shape index (κ2) is 4.31. The Morgan fingerprint density at radius 2 is 2.25 bits per heavy atom. The number of nitrogens with two attached hydrogens (primary N) is 1. The van der Waals surface area contributed by atoms with Crippen LogP contribution < -0.4 is 11.1 Å². The number of rotatable bonds is 4. The van der Waals surface area contributed by atoms with Crippen molar-refractivity contribution in [1.29, 1.82) is 0 Å². The van der Waals surface area contributed by atoms with E-state index in [-0.39, 0.29) is 11.5 Å². The fraction of sp³-hybridized carbons (Fsp3) is 0.909. The van der Waals surface area contributed by atoms with E-state index >= 15 is 0 Å². The molecule has 1 atom stereocenters. The van der Waals surface area contributed by atoms with Gasteiger partial charge in [-0.15, -0.1) is 0 Å². The molecule has 1 unspecified atom stereocenters. The molecule has 16 heavy (non-hydrogen) atoms. The van der Waals surface area contributed by atoms with Gasteiger partial charge in [0.1, 0.15) is 5.54 Å². The fourth-order valence-corrected chi connectivity index (χ4v) is 2.20. The summed E-state index contributed by atoms with van der Waals surface area (Å²) in [5.41, 5.74) is 4.97. The average Bonchev–Trinajstić information content (AvgIpc) is 2.65. The molecule has 3 N–H and O–H groups in total. The number of carbonyl (C=O) groups excluding carboxylic acids is 1. The minimum atomic E-state index is -0.835. The van der Waals surface area contributed by atoms with Gasteiger partial charge in [-0.1, -0.05) is 0 Å². The Morgan fingerprint density at radius 3 is 2.69 bits per heavy atom. The summed E-state index contributed by atoms with van der Waals surface area (Å²) in [5, 5.41) is 2.89. The number of hydrogen-bond donors (Lipinski definition) is 2. The van der Waals surface area contributed by atoms with Crippen LogP contribution in [0.2, 0.25) is 0 Å². The molecule has 0 bridgehead atoms. The average molecular weight is 228 g/mol. The maximum atomic E-state index is 11.9. The predicted molar refractivity (Wildman–Crippen MR) is 59.0 cm³/mol. The van der Waals surface area contributed by atoms with Crippen LogP contribution in [-0.2, 0) is 14.3 Å². The molecular formula is C11H20N2O3. The lowest BCUT2D eigenvalue weighted by molar-refractivity contribution is -0.130. The third-order valence-electron chi connectivity index (χ3n) is 3.77. The summed E-state index contributed by atoms with van der Waals surface area (Å²) in [4.78, 5) is 11.9. The zero-order valence-electron chi connectivity index (χ0n) is 9.75. The van der Waals surface area contributed by atoms with Gasteiger partial charge in [0.25, 0.3) is 0 Å². The monoisotopic (exact) mass is 228 g/mol. The topological polar surface area (TPSA) is 73.6 Å². The minimum Gasteiger partial charge on any atom is -0.379 e. The van der Waals surface area contributed by atoms with Crippen LogP contribution in [0, 0.1) is 0 Å². The van der Waals surface area contributed by atoms with Crippen molar-refractivity contribution < 1.29 is 14.3 Å². The molecule has 2 aliphatic rings. The number of hydrogen-bond acceptors (Lipinski definition) is 4. The van der Waals surface area contributed by atoms with Crippen molar-refractivity contribution >= 4 is 5.91 Å². The van der Waals surface area contributed by atoms with Crippen molar-refractivity contribution in [3.63, 3.8) is 0 Å². The largest absolute Gasteiger partial charge is 0.379 e. The van der Waals surface area contributed by atoms with Gasteiger partial charge in [0, 0.05) is 20.3 Å². The quantitative estimate of drug-likeness (QED) is 0.698. The Kier molecular flexibility index (Phi) is 3.19. The van der Waals surface area contributed by atoms with Crippen LogP contribution >= 0.6 is 0 Å². The highest BCUT2D eigenvalue weighted by atomic mass is 16.5. The van der Waals surface area contributed by atoms with Gasteiger partial charge < -0.3 is 20.5 Å². The minimum absolute atomic E-state index is 0.117. The second-order valence-electron chi connectivity index (χ2n) is 4.88. The van der Waals surface area contributed by atoms with Gasteiger partial charge in [0.2, 0.25) is 5.91 Å². The molecule has 0 spiro atoms. The Bertz CT molecular complexity index is 265. The van der Waals surface area contributed by atoms with Crippen LogP contribution in [-0.4, -0.2) is 43.9 Å². The van der Waals surface area contributed by atoms with Crippen LogP contribution in [0.3, 0.4) is 0 Å². The molecule has 1 aliphatic heterocycles. The van der Waals surface area contributed by atoms with E-state index in [1.807, 2.05) is 0 Å². The number of ether oxygens (including phenoxy) is 2. The van der Waals surface area contributed by atoms with E-state index < -0.39 is 5.54 Å². The van der Waals surface area contributed by atoms with E-state index in [2.05, 4.69) is 5.32 Å². The standard InChI is InChI=1S/C11H20N2O3/c1-15-10(3-2-4-10)7-13-9(14)11(12)5-6-16-8-11/h2-8,12H2,1H3,(H,13,14). The Labute approximate surface area is 95.7 Å². The van der Waals surface area contributed by atoms with E-state index in [4.69, 9.17) is 15.2 Å². The highest BCUT2D eigenvalue weighted by Gasteiger charge is 2.41. The van der Waals surface area contributed by atoms with Gasteiger partial charge in [0.15, 0.2) is 0 Å². The van der Waals surface area contributed by atoms with Crippen LogP contribution in [0.5, 0.6) is 0 Å². The first kappa shape index (κ1) is 11.8. The third-order valence-corrected chi connectivity index (χ3v) is 3.77. The van der Waals surface area contributed by atoms with Crippen molar-refractivity contribution in [2.75, 3.05) is 26.9 Å². The molecule has 1 amide bonds. The molecule has 1 aliphatic carbocycles. The summed E-state index contributed by atoms with van der Waals surface area (Å²) in [7, 11) is 1.70. The SMILES string of the molecule is COC1(CNC(=O)C2(N)CCOC2)CCC1. The zero-order chi connectivity index (χ0) is 11.6. The fourth-order valence-electron chi connectivity index (χ4n) is 2.20. The molecule has 1 saturated carbocycles. The van der Waals surface area contributed by atoms with Crippen LogP contribution in [0.25, 0.3) is 0 Å². The number of nitrogens with one attached hydrogen (secondary N) is 1. The maximum absolute atomic E-state index is 11.9. The summed E-state index contributed by atoms with van der Waals surface area (Å²) in [6.07, 6.45) is 3.79. The zero-order valence-corrected chi connectivity index (χ0v) is 9.75. The molecule has 2 fully saturated rings. The molecule has 0 radical (unpaired) electrons. The predicted octanol–water partition coefficient (Wildman–Crippen LogP) is -0.210. The van der Waals surface area contributed by atoms with Crippen molar-refractivity contribution in [3.8, 4) is 0 Å². The summed E-state index contributed by atoms with van der Waals surface area (Å²) >= 11 is 0. The van der Waals surface area contributed by atoms with Gasteiger partial charge in [-0.2, -0.15) is 0 Å². The first-order chi connectivity index (χ1) is 7.60. The van der Waals surface area contributed by atoms with E-state index in [9.17, 15) is 4.79 Å². The Hall–Kier alpha value is -0.650. The molecule has 92 valence electrons. The lowest BCUT2D eigenvalue weighted by Gasteiger charge is -2.41. The molecule has 5 nitrogen and oxygen atoms in total. The number of carbonyl (C=O) groups is 1. The molecule has 0 aromatic carbocycles. The third kappa shape index (κ3) is 2.07. The Morgan fingerprint density at radius 1 is 1.50 bits per heavy atom. The molecule has 5 heteroatoms. The smallest absolute Gasteiger partial charge is 0.242 e. The van der Waals surface area contributed by atoms with E-state index in [1.54, 1.807) is 7.11 Å². The lowest BCUT2D eigenvalue weighted by Crippen LogP contribution is -2.58. The normalized spacial score (nSPS) is 32.1. The summed E-state index contributed by atoms with van der Waals surface area (Å²) in [6, 6.07) is 0. The molecular weight excluding hydrogens is 208 g/mol. The van der Waals surface area contributed by atoms with E-state index in [1.165, 1.54) is 6.42 Å². The summed E-state index contributed by atoms with van der Waals surface area (Å²) in [5.74, 6) is -0.117. The van der Waals surface area contributed by atoms with Crippen molar-refractivity contribution in [3.05, 3.63) is 0 Å². The highest BCUT2D eigenvalue weighted by molar-refractivity contribution is 5.86. The molecule has 1 saturated heterocycles. The van der Waals surface area contributed by atoms with E-state index in [0.29, 0.717) is 26.2 Å². The van der Waals surface area contributed by atoms with E-state index in [0.717, 1.165) is 12.8 Å².